The largest absolute Gasteiger partial charge is 0.355 e. The van der Waals surface area contributed by atoms with E-state index in [0.29, 0.717) is 35.6 Å². The molecule has 1 fully saturated rings. The molecule has 0 amide bonds. The summed E-state index contributed by atoms with van der Waals surface area (Å²) >= 11 is 0. The number of piperazine rings is 1. The lowest BCUT2D eigenvalue weighted by Gasteiger charge is -2.40. The maximum absolute atomic E-state index is 13.7. The first-order chi connectivity index (χ1) is 14.1. The van der Waals surface area contributed by atoms with Crippen molar-refractivity contribution in [2.45, 2.75) is 32.2 Å². The Balaban J connectivity index is 0.00000480. The molecule has 1 aromatic carbocycles. The maximum atomic E-state index is 13.7. The van der Waals surface area contributed by atoms with E-state index in [1.54, 1.807) is 7.05 Å². The summed E-state index contributed by atoms with van der Waals surface area (Å²) in [5.74, 6) is 0.602. The fourth-order valence-electron chi connectivity index (χ4n) is 3.72. The van der Waals surface area contributed by atoms with Crippen molar-refractivity contribution in [1.82, 2.24) is 20.4 Å². The SMILES string of the molecule is CN=C(NCc1cc(F)ccc1CS(C)(=O)=O)NCC(C(C)C)N1CCN(C)CC1.I. The van der Waals surface area contributed by atoms with Crippen LogP contribution in [0.15, 0.2) is 23.2 Å². The molecular formula is C21H37FIN5O2S. The van der Waals surface area contributed by atoms with Crippen LogP contribution in [-0.4, -0.2) is 83.3 Å². The minimum atomic E-state index is -3.21. The van der Waals surface area contributed by atoms with E-state index >= 15 is 0 Å². The Morgan fingerprint density at radius 2 is 1.81 bits per heavy atom. The number of nitrogens with one attached hydrogen (secondary N) is 2. The van der Waals surface area contributed by atoms with E-state index in [4.69, 9.17) is 0 Å². The summed E-state index contributed by atoms with van der Waals surface area (Å²) in [7, 11) is 0.633. The molecule has 31 heavy (non-hydrogen) atoms. The van der Waals surface area contributed by atoms with E-state index < -0.39 is 9.84 Å². The van der Waals surface area contributed by atoms with Gasteiger partial charge in [-0.15, -0.1) is 24.0 Å². The minimum absolute atomic E-state index is 0. The summed E-state index contributed by atoms with van der Waals surface area (Å²) in [4.78, 5) is 9.13. The van der Waals surface area contributed by atoms with Gasteiger partial charge in [-0.3, -0.25) is 9.89 Å². The Bertz CT molecular complexity index is 827. The molecule has 0 bridgehead atoms. The van der Waals surface area contributed by atoms with Crippen LogP contribution in [0, 0.1) is 11.7 Å². The lowest BCUT2D eigenvalue weighted by atomic mass is 10.0. The van der Waals surface area contributed by atoms with Gasteiger partial charge in [-0.25, -0.2) is 12.8 Å². The molecule has 0 aromatic heterocycles. The average Bonchev–Trinajstić information content (AvgIpc) is 2.66. The van der Waals surface area contributed by atoms with Gasteiger partial charge in [-0.05, 0) is 36.2 Å². The smallest absolute Gasteiger partial charge is 0.191 e. The molecule has 2 rings (SSSR count). The molecule has 0 spiro atoms. The second-order valence-electron chi connectivity index (χ2n) is 8.44. The van der Waals surface area contributed by atoms with E-state index in [2.05, 4.69) is 46.3 Å². The zero-order chi connectivity index (χ0) is 22.3. The highest BCUT2D eigenvalue weighted by Gasteiger charge is 2.25. The van der Waals surface area contributed by atoms with Gasteiger partial charge < -0.3 is 15.5 Å². The third-order valence-electron chi connectivity index (χ3n) is 5.51. The van der Waals surface area contributed by atoms with Crippen molar-refractivity contribution >= 4 is 39.8 Å². The molecule has 1 aliphatic heterocycles. The molecule has 1 heterocycles. The number of likely N-dealkylation sites (N-methyl/N-ethyl adjacent to an activating group) is 1. The molecule has 1 aliphatic rings. The monoisotopic (exact) mass is 569 g/mol. The number of hydrogen-bond donors (Lipinski definition) is 2. The van der Waals surface area contributed by atoms with E-state index in [-0.39, 0.29) is 35.5 Å². The fraction of sp³-hybridized carbons (Fsp3) is 0.667. The van der Waals surface area contributed by atoms with Gasteiger partial charge >= 0.3 is 0 Å². The Hall–Kier alpha value is -0.980. The van der Waals surface area contributed by atoms with Gasteiger partial charge in [0.25, 0.3) is 0 Å². The van der Waals surface area contributed by atoms with Crippen LogP contribution < -0.4 is 10.6 Å². The number of benzene rings is 1. The summed E-state index contributed by atoms with van der Waals surface area (Å²) in [5, 5.41) is 6.58. The predicted molar refractivity (Wildman–Crippen MR) is 136 cm³/mol. The summed E-state index contributed by atoms with van der Waals surface area (Å²) in [5.41, 5.74) is 1.21. The molecule has 0 saturated carbocycles. The first kappa shape index (κ1) is 28.1. The summed E-state index contributed by atoms with van der Waals surface area (Å²) in [6.45, 7) is 9.73. The summed E-state index contributed by atoms with van der Waals surface area (Å²) < 4.78 is 37.1. The highest BCUT2D eigenvalue weighted by atomic mass is 127. The first-order valence-corrected chi connectivity index (χ1v) is 12.5. The quantitative estimate of drug-likeness (QED) is 0.283. The molecule has 0 aliphatic carbocycles. The summed E-state index contributed by atoms with van der Waals surface area (Å²) in [6, 6.07) is 4.58. The van der Waals surface area contributed by atoms with Crippen LogP contribution in [0.3, 0.4) is 0 Å². The van der Waals surface area contributed by atoms with Crippen LogP contribution in [0.1, 0.15) is 25.0 Å². The van der Waals surface area contributed by atoms with Crippen molar-refractivity contribution in [2.75, 3.05) is 53.1 Å². The first-order valence-electron chi connectivity index (χ1n) is 10.4. The molecule has 178 valence electrons. The van der Waals surface area contributed by atoms with Crippen molar-refractivity contribution in [2.24, 2.45) is 10.9 Å². The Labute approximate surface area is 203 Å². The third-order valence-corrected chi connectivity index (χ3v) is 6.35. The Kier molecular flexibility index (Phi) is 11.7. The number of hydrogen-bond acceptors (Lipinski definition) is 5. The molecule has 1 atom stereocenters. The maximum Gasteiger partial charge on any atom is 0.191 e. The fourth-order valence-corrected chi connectivity index (χ4v) is 4.57. The van der Waals surface area contributed by atoms with Gasteiger partial charge in [0.2, 0.25) is 0 Å². The third kappa shape index (κ3) is 9.58. The molecular weight excluding hydrogens is 532 g/mol. The van der Waals surface area contributed by atoms with Crippen LogP contribution in [0.2, 0.25) is 0 Å². The van der Waals surface area contributed by atoms with E-state index in [0.717, 1.165) is 32.7 Å². The van der Waals surface area contributed by atoms with Crippen molar-refractivity contribution in [3.63, 3.8) is 0 Å². The number of sulfone groups is 1. The molecule has 1 saturated heterocycles. The van der Waals surface area contributed by atoms with Gasteiger partial charge in [-0.1, -0.05) is 19.9 Å². The number of guanidine groups is 1. The van der Waals surface area contributed by atoms with Crippen molar-refractivity contribution < 1.29 is 12.8 Å². The van der Waals surface area contributed by atoms with Crippen molar-refractivity contribution in [1.29, 1.82) is 0 Å². The number of halogens is 2. The van der Waals surface area contributed by atoms with Crippen LogP contribution in [0.4, 0.5) is 4.39 Å². The standard InChI is InChI=1S/C21H36FN5O2S.HI/c1-16(2)20(27-10-8-26(4)9-11-27)14-25-21(23-3)24-13-18-12-19(22)7-6-17(18)15-30(5,28)29;/h6-7,12,16,20H,8-11,13-15H2,1-5H3,(H2,23,24,25);1H. The van der Waals surface area contributed by atoms with E-state index in [9.17, 15) is 12.8 Å². The van der Waals surface area contributed by atoms with Gasteiger partial charge in [0.1, 0.15) is 5.82 Å². The van der Waals surface area contributed by atoms with E-state index in [1.807, 2.05) is 0 Å². The highest BCUT2D eigenvalue weighted by molar-refractivity contribution is 14.0. The molecule has 1 aromatic rings. The lowest BCUT2D eigenvalue weighted by Crippen LogP contribution is -2.55. The molecule has 1 unspecified atom stereocenters. The van der Waals surface area contributed by atoms with Crippen LogP contribution in [0.5, 0.6) is 0 Å². The highest BCUT2D eigenvalue weighted by Crippen LogP contribution is 2.15. The van der Waals surface area contributed by atoms with Crippen LogP contribution in [-0.2, 0) is 22.1 Å². The normalized spacial score (nSPS) is 17.3. The zero-order valence-corrected chi connectivity index (χ0v) is 22.3. The second kappa shape index (κ2) is 12.9. The average molecular weight is 570 g/mol. The topological polar surface area (TPSA) is 77.0 Å². The molecule has 2 N–H and O–H groups in total. The number of aliphatic imine (C=N–C) groups is 1. The Morgan fingerprint density at radius 3 is 2.35 bits per heavy atom. The van der Waals surface area contributed by atoms with Gasteiger partial charge in [-0.2, -0.15) is 0 Å². The van der Waals surface area contributed by atoms with Crippen LogP contribution in [0.25, 0.3) is 0 Å². The van der Waals surface area contributed by atoms with Gasteiger partial charge in [0.05, 0.1) is 5.75 Å². The van der Waals surface area contributed by atoms with Gasteiger partial charge in [0.15, 0.2) is 15.8 Å². The molecule has 10 heteroatoms. The number of rotatable bonds is 8. The number of nitrogens with zero attached hydrogens (tertiary/aromatic N) is 3. The lowest BCUT2D eigenvalue weighted by molar-refractivity contribution is 0.0900. The molecule has 0 radical (unpaired) electrons. The predicted octanol–water partition coefficient (Wildman–Crippen LogP) is 1.93. The van der Waals surface area contributed by atoms with Gasteiger partial charge in [0, 0.05) is 58.6 Å². The molecule has 7 nitrogen and oxygen atoms in total. The Morgan fingerprint density at radius 1 is 1.16 bits per heavy atom. The minimum Gasteiger partial charge on any atom is -0.355 e. The summed E-state index contributed by atoms with van der Waals surface area (Å²) in [6.07, 6.45) is 1.18. The van der Waals surface area contributed by atoms with Crippen molar-refractivity contribution in [3.05, 3.63) is 35.1 Å². The van der Waals surface area contributed by atoms with E-state index in [1.165, 1.54) is 24.5 Å². The second-order valence-corrected chi connectivity index (χ2v) is 10.6. The zero-order valence-electron chi connectivity index (χ0n) is 19.2. The van der Waals surface area contributed by atoms with Crippen molar-refractivity contribution in [3.8, 4) is 0 Å². The van der Waals surface area contributed by atoms with Crippen LogP contribution >= 0.6 is 24.0 Å².